The topological polar surface area (TPSA) is 26.3 Å². The first-order valence-electron chi connectivity index (χ1n) is 4.37. The number of unbranched alkanes of at least 4 members (excludes halogenated alkanes) is 1. The minimum Gasteiger partial charge on any atom is -0.459 e. The fourth-order valence-corrected chi connectivity index (χ4v) is 0.830. The van der Waals surface area contributed by atoms with Crippen molar-refractivity contribution >= 4 is 5.97 Å². The van der Waals surface area contributed by atoms with Gasteiger partial charge in [-0.15, -0.1) is 0 Å². The molecule has 1 unspecified atom stereocenters. The van der Waals surface area contributed by atoms with Crippen LogP contribution in [0.3, 0.4) is 0 Å². The molecule has 0 aliphatic heterocycles. The number of allylic oxidation sites excluding steroid dienone is 1. The van der Waals surface area contributed by atoms with Gasteiger partial charge in [-0.3, -0.25) is 0 Å². The first-order chi connectivity index (χ1) is 5.70. The third-order valence-electron chi connectivity index (χ3n) is 1.47. The Balaban J connectivity index is 3.53. The number of carbonyl (C=O) groups excluding carboxylic acids is 1. The summed E-state index contributed by atoms with van der Waals surface area (Å²) in [5, 5.41) is 0. The SMILES string of the molecule is [CH2]C(CCCC)OC(=O)C=CC. The van der Waals surface area contributed by atoms with Gasteiger partial charge >= 0.3 is 5.97 Å². The highest BCUT2D eigenvalue weighted by Gasteiger charge is 2.04. The Morgan fingerprint density at radius 1 is 1.67 bits per heavy atom. The molecule has 0 aliphatic carbocycles. The average molecular weight is 169 g/mol. The van der Waals surface area contributed by atoms with Gasteiger partial charge in [-0.25, -0.2) is 4.79 Å². The van der Waals surface area contributed by atoms with Crippen LogP contribution in [0.25, 0.3) is 0 Å². The Morgan fingerprint density at radius 3 is 2.83 bits per heavy atom. The molecule has 0 aromatic carbocycles. The lowest BCUT2D eigenvalue weighted by atomic mass is 10.2. The third kappa shape index (κ3) is 5.96. The van der Waals surface area contributed by atoms with Crippen LogP contribution in [0.1, 0.15) is 33.1 Å². The monoisotopic (exact) mass is 169 g/mol. The molecule has 1 atom stereocenters. The number of esters is 1. The smallest absolute Gasteiger partial charge is 0.330 e. The maximum atomic E-state index is 10.9. The average Bonchev–Trinajstić information content (AvgIpc) is 2.01. The summed E-state index contributed by atoms with van der Waals surface area (Å²) >= 11 is 0. The van der Waals surface area contributed by atoms with Crippen molar-refractivity contribution in [1.82, 2.24) is 0 Å². The molecular weight excluding hydrogens is 152 g/mol. The number of ether oxygens (including phenoxy) is 1. The number of rotatable bonds is 5. The molecule has 0 spiro atoms. The molecule has 0 aromatic heterocycles. The van der Waals surface area contributed by atoms with Gasteiger partial charge in [0.15, 0.2) is 0 Å². The lowest BCUT2D eigenvalue weighted by Crippen LogP contribution is -2.12. The van der Waals surface area contributed by atoms with E-state index in [1.807, 2.05) is 0 Å². The quantitative estimate of drug-likeness (QED) is 0.467. The van der Waals surface area contributed by atoms with Crippen molar-refractivity contribution in [3.63, 3.8) is 0 Å². The summed E-state index contributed by atoms with van der Waals surface area (Å²) in [7, 11) is 0. The summed E-state index contributed by atoms with van der Waals surface area (Å²) in [5.41, 5.74) is 0. The summed E-state index contributed by atoms with van der Waals surface area (Å²) in [5.74, 6) is -0.298. The summed E-state index contributed by atoms with van der Waals surface area (Å²) in [6.45, 7) is 7.60. The van der Waals surface area contributed by atoms with Crippen molar-refractivity contribution in [2.45, 2.75) is 39.2 Å². The van der Waals surface area contributed by atoms with Crippen molar-refractivity contribution in [3.05, 3.63) is 19.1 Å². The van der Waals surface area contributed by atoms with E-state index in [9.17, 15) is 4.79 Å². The molecule has 0 aromatic rings. The van der Waals surface area contributed by atoms with Gasteiger partial charge in [0.25, 0.3) is 0 Å². The van der Waals surface area contributed by atoms with E-state index in [1.54, 1.807) is 13.0 Å². The molecule has 0 rings (SSSR count). The molecule has 1 radical (unpaired) electrons. The third-order valence-corrected chi connectivity index (χ3v) is 1.47. The van der Waals surface area contributed by atoms with Gasteiger partial charge in [0.2, 0.25) is 0 Å². The Morgan fingerprint density at radius 2 is 2.33 bits per heavy atom. The second-order valence-electron chi connectivity index (χ2n) is 2.70. The van der Waals surface area contributed by atoms with Crippen LogP contribution in [0.5, 0.6) is 0 Å². The molecule has 0 saturated heterocycles. The van der Waals surface area contributed by atoms with Gasteiger partial charge in [-0.2, -0.15) is 0 Å². The van der Waals surface area contributed by atoms with Crippen molar-refractivity contribution in [2.75, 3.05) is 0 Å². The molecule has 0 aliphatic rings. The predicted octanol–water partition coefficient (Wildman–Crippen LogP) is 2.50. The van der Waals surface area contributed by atoms with Crippen LogP contribution in [-0.2, 0) is 9.53 Å². The Bertz CT molecular complexity index is 150. The van der Waals surface area contributed by atoms with E-state index in [4.69, 9.17) is 4.74 Å². The first-order valence-corrected chi connectivity index (χ1v) is 4.37. The van der Waals surface area contributed by atoms with E-state index >= 15 is 0 Å². The minimum atomic E-state index is -0.298. The lowest BCUT2D eigenvalue weighted by molar-refractivity contribution is -0.141. The molecule has 2 heteroatoms. The van der Waals surface area contributed by atoms with Crippen molar-refractivity contribution < 1.29 is 9.53 Å². The largest absolute Gasteiger partial charge is 0.459 e. The summed E-state index contributed by atoms with van der Waals surface area (Å²) in [6, 6.07) is 0. The standard InChI is InChI=1S/C10H17O2/c1-4-6-8-9(3)12-10(11)7-5-2/h5,7,9H,3-4,6,8H2,1-2H3. The number of carbonyl (C=O) groups is 1. The molecule has 0 saturated carbocycles. The van der Waals surface area contributed by atoms with Crippen molar-refractivity contribution in [1.29, 1.82) is 0 Å². The van der Waals surface area contributed by atoms with Crippen LogP contribution in [-0.4, -0.2) is 12.1 Å². The highest BCUT2D eigenvalue weighted by molar-refractivity contribution is 5.81. The summed E-state index contributed by atoms with van der Waals surface area (Å²) in [4.78, 5) is 10.9. The molecule has 0 amide bonds. The normalized spacial score (nSPS) is 13.2. The molecule has 0 N–H and O–H groups in total. The number of hydrogen-bond acceptors (Lipinski definition) is 2. The molecule has 12 heavy (non-hydrogen) atoms. The summed E-state index contributed by atoms with van der Waals surface area (Å²) < 4.78 is 4.96. The van der Waals surface area contributed by atoms with Crippen LogP contribution in [0.4, 0.5) is 0 Å². The lowest BCUT2D eigenvalue weighted by Gasteiger charge is -2.10. The molecule has 2 nitrogen and oxygen atoms in total. The molecule has 0 fully saturated rings. The van der Waals surface area contributed by atoms with E-state index in [-0.39, 0.29) is 12.1 Å². The van der Waals surface area contributed by atoms with Gasteiger partial charge in [-0.1, -0.05) is 25.8 Å². The van der Waals surface area contributed by atoms with E-state index in [1.165, 1.54) is 6.08 Å². The fraction of sp³-hybridized carbons (Fsp3) is 0.600. The second kappa shape index (κ2) is 6.89. The first kappa shape index (κ1) is 11.2. The fourth-order valence-electron chi connectivity index (χ4n) is 0.830. The second-order valence-corrected chi connectivity index (χ2v) is 2.70. The Hall–Kier alpha value is -0.790. The van der Waals surface area contributed by atoms with Gasteiger partial charge < -0.3 is 4.74 Å². The molecule has 69 valence electrons. The highest BCUT2D eigenvalue weighted by Crippen LogP contribution is 2.03. The Labute approximate surface area is 74.6 Å². The minimum absolute atomic E-state index is 0.200. The highest BCUT2D eigenvalue weighted by atomic mass is 16.5. The zero-order valence-electron chi connectivity index (χ0n) is 7.88. The van der Waals surface area contributed by atoms with Gasteiger partial charge in [0, 0.05) is 6.08 Å². The summed E-state index contributed by atoms with van der Waals surface area (Å²) in [6.07, 6.45) is 5.87. The predicted molar refractivity (Wildman–Crippen MR) is 49.6 cm³/mol. The zero-order valence-corrected chi connectivity index (χ0v) is 7.88. The molecular formula is C10H17O2. The van der Waals surface area contributed by atoms with Crippen LogP contribution in [0.2, 0.25) is 0 Å². The van der Waals surface area contributed by atoms with Crippen LogP contribution in [0.15, 0.2) is 12.2 Å². The van der Waals surface area contributed by atoms with Crippen LogP contribution < -0.4 is 0 Å². The number of hydrogen-bond donors (Lipinski definition) is 0. The Kier molecular flexibility index (Phi) is 6.44. The van der Waals surface area contributed by atoms with E-state index < -0.39 is 0 Å². The van der Waals surface area contributed by atoms with E-state index in [2.05, 4.69) is 13.8 Å². The molecule has 0 heterocycles. The van der Waals surface area contributed by atoms with Crippen molar-refractivity contribution in [2.24, 2.45) is 0 Å². The van der Waals surface area contributed by atoms with Gasteiger partial charge in [0.1, 0.15) is 6.10 Å². The maximum absolute atomic E-state index is 10.9. The molecule has 0 bridgehead atoms. The van der Waals surface area contributed by atoms with Gasteiger partial charge in [0.05, 0.1) is 0 Å². The maximum Gasteiger partial charge on any atom is 0.330 e. The van der Waals surface area contributed by atoms with E-state index in [0.29, 0.717) is 0 Å². The van der Waals surface area contributed by atoms with Crippen LogP contribution in [0, 0.1) is 6.92 Å². The van der Waals surface area contributed by atoms with Gasteiger partial charge in [-0.05, 0) is 20.3 Å². The van der Waals surface area contributed by atoms with E-state index in [0.717, 1.165) is 19.3 Å². The van der Waals surface area contributed by atoms with Crippen LogP contribution >= 0.6 is 0 Å². The van der Waals surface area contributed by atoms with Crippen molar-refractivity contribution in [3.8, 4) is 0 Å². The zero-order chi connectivity index (χ0) is 9.40.